The highest BCUT2D eigenvalue weighted by Gasteiger charge is 2.20. The van der Waals surface area contributed by atoms with Gasteiger partial charge in [0, 0.05) is 44.0 Å². The second-order valence-corrected chi connectivity index (χ2v) is 7.51. The van der Waals surface area contributed by atoms with Crippen molar-refractivity contribution in [3.63, 3.8) is 0 Å². The summed E-state index contributed by atoms with van der Waals surface area (Å²) in [6, 6.07) is 3.14. The molecule has 0 aromatic carbocycles. The molecule has 1 aliphatic rings. The second kappa shape index (κ2) is 8.88. The predicted octanol–water partition coefficient (Wildman–Crippen LogP) is 1.34. The van der Waals surface area contributed by atoms with Crippen LogP contribution in [-0.2, 0) is 17.7 Å². The zero-order valence-corrected chi connectivity index (χ0v) is 17.4. The number of imidazole rings is 1. The maximum absolute atomic E-state index is 11.3. The summed E-state index contributed by atoms with van der Waals surface area (Å²) in [6.45, 7) is 4.17. The van der Waals surface area contributed by atoms with Crippen LogP contribution in [0.4, 0.5) is 23.3 Å². The Balaban J connectivity index is 1.51. The van der Waals surface area contributed by atoms with E-state index in [1.807, 2.05) is 10.6 Å². The number of aromatic nitrogens is 4. The molecule has 4 heterocycles. The average molecular weight is 448 g/mol. The van der Waals surface area contributed by atoms with Gasteiger partial charge in [0.1, 0.15) is 16.6 Å². The lowest BCUT2D eigenvalue weighted by Crippen LogP contribution is -2.35. The van der Waals surface area contributed by atoms with Crippen LogP contribution >= 0.6 is 11.6 Å². The van der Waals surface area contributed by atoms with Gasteiger partial charge in [-0.25, -0.2) is 15.0 Å². The van der Waals surface area contributed by atoms with Gasteiger partial charge in [-0.05, 0) is 12.5 Å². The summed E-state index contributed by atoms with van der Waals surface area (Å²) in [7, 11) is 0. The number of nitrogens with two attached hydrogens (primary N) is 2. The first kappa shape index (κ1) is 21.0. The molecule has 12 nitrogen and oxygen atoms in total. The third kappa shape index (κ3) is 4.76. The molecule has 5 N–H and O–H groups in total. The summed E-state index contributed by atoms with van der Waals surface area (Å²) in [5.41, 5.74) is 13.1. The Hall–Kier alpha value is -3.22. The van der Waals surface area contributed by atoms with Crippen molar-refractivity contribution < 1.29 is 9.66 Å². The lowest BCUT2D eigenvalue weighted by molar-refractivity contribution is -0.384. The second-order valence-electron chi connectivity index (χ2n) is 7.13. The molecule has 0 amide bonds. The zero-order chi connectivity index (χ0) is 22.0. The molecular weight excluding hydrogens is 426 g/mol. The number of anilines is 3. The maximum atomic E-state index is 11.3. The van der Waals surface area contributed by atoms with Crippen molar-refractivity contribution in [1.29, 1.82) is 0 Å². The molecule has 13 heteroatoms. The van der Waals surface area contributed by atoms with Crippen LogP contribution in [0.25, 0.3) is 5.65 Å². The SMILES string of the molecule is Nc1cc(CCNc2nc(Cl)cc3nc(CN4CCOCC4)cn23)c([N+](=O)[O-])c(N)n1. The van der Waals surface area contributed by atoms with Gasteiger partial charge in [-0.3, -0.25) is 19.4 Å². The van der Waals surface area contributed by atoms with Gasteiger partial charge in [-0.1, -0.05) is 11.6 Å². The molecular formula is C18H22ClN9O3. The summed E-state index contributed by atoms with van der Waals surface area (Å²) in [4.78, 5) is 25.8. The molecule has 0 aliphatic carbocycles. The number of fused-ring (bicyclic) bond motifs is 1. The van der Waals surface area contributed by atoms with E-state index in [-0.39, 0.29) is 23.7 Å². The van der Waals surface area contributed by atoms with Crippen LogP contribution in [0.15, 0.2) is 18.3 Å². The summed E-state index contributed by atoms with van der Waals surface area (Å²) in [6.07, 6.45) is 2.19. The van der Waals surface area contributed by atoms with Crippen LogP contribution in [0, 0.1) is 10.1 Å². The third-order valence-electron chi connectivity index (χ3n) is 4.94. The van der Waals surface area contributed by atoms with Gasteiger partial charge in [0.15, 0.2) is 0 Å². The monoisotopic (exact) mass is 447 g/mol. The quantitative estimate of drug-likeness (QED) is 0.273. The number of nitro groups is 1. The lowest BCUT2D eigenvalue weighted by Gasteiger charge is -2.25. The highest BCUT2D eigenvalue weighted by Crippen LogP contribution is 2.27. The number of rotatable bonds is 7. The van der Waals surface area contributed by atoms with Crippen LogP contribution in [0.3, 0.4) is 0 Å². The molecule has 1 fully saturated rings. The molecule has 1 aliphatic heterocycles. The van der Waals surface area contributed by atoms with E-state index in [1.165, 1.54) is 6.07 Å². The first-order chi connectivity index (χ1) is 14.9. The van der Waals surface area contributed by atoms with Crippen LogP contribution in [0.5, 0.6) is 0 Å². The first-order valence-electron chi connectivity index (χ1n) is 9.68. The number of hydrogen-bond acceptors (Lipinski definition) is 10. The Morgan fingerprint density at radius 1 is 1.23 bits per heavy atom. The van der Waals surface area contributed by atoms with Gasteiger partial charge < -0.3 is 21.5 Å². The maximum Gasteiger partial charge on any atom is 0.314 e. The van der Waals surface area contributed by atoms with Crippen molar-refractivity contribution >= 4 is 40.5 Å². The van der Waals surface area contributed by atoms with Crippen molar-refractivity contribution in [1.82, 2.24) is 24.3 Å². The fraction of sp³-hybridized carbons (Fsp3) is 0.389. The van der Waals surface area contributed by atoms with Crippen LogP contribution < -0.4 is 16.8 Å². The number of pyridine rings is 1. The summed E-state index contributed by atoms with van der Waals surface area (Å²) in [5, 5.41) is 14.8. The summed E-state index contributed by atoms with van der Waals surface area (Å²) >= 11 is 6.17. The minimum Gasteiger partial charge on any atom is -0.384 e. The molecule has 3 aromatic heterocycles. The smallest absolute Gasteiger partial charge is 0.314 e. The van der Waals surface area contributed by atoms with Crippen LogP contribution in [-0.4, -0.2) is 62.0 Å². The molecule has 0 spiro atoms. The molecule has 0 unspecified atom stereocenters. The largest absolute Gasteiger partial charge is 0.384 e. The van der Waals surface area contributed by atoms with Gasteiger partial charge in [-0.2, -0.15) is 0 Å². The Morgan fingerprint density at radius 3 is 2.74 bits per heavy atom. The van der Waals surface area contributed by atoms with E-state index in [0.29, 0.717) is 48.6 Å². The minimum atomic E-state index is -0.555. The van der Waals surface area contributed by atoms with Crippen molar-refractivity contribution in [3.8, 4) is 0 Å². The fourth-order valence-electron chi connectivity index (χ4n) is 3.55. The fourth-order valence-corrected chi connectivity index (χ4v) is 3.72. The summed E-state index contributed by atoms with van der Waals surface area (Å²) in [5.74, 6) is 0.412. The van der Waals surface area contributed by atoms with E-state index in [4.69, 9.17) is 27.8 Å². The number of ether oxygens (including phenoxy) is 1. The van der Waals surface area contributed by atoms with Crippen molar-refractivity contribution in [2.75, 3.05) is 49.6 Å². The van der Waals surface area contributed by atoms with E-state index < -0.39 is 4.92 Å². The number of nitrogen functional groups attached to an aromatic ring is 2. The van der Waals surface area contributed by atoms with Gasteiger partial charge >= 0.3 is 5.69 Å². The average Bonchev–Trinajstić information content (AvgIpc) is 3.10. The number of nitrogens with one attached hydrogen (secondary N) is 1. The first-order valence-corrected chi connectivity index (χ1v) is 10.1. The molecule has 0 radical (unpaired) electrons. The molecule has 164 valence electrons. The van der Waals surface area contributed by atoms with Gasteiger partial charge in [-0.15, -0.1) is 0 Å². The molecule has 3 aromatic rings. The number of morpholine rings is 1. The number of halogens is 1. The van der Waals surface area contributed by atoms with Gasteiger partial charge in [0.25, 0.3) is 0 Å². The minimum absolute atomic E-state index is 0.128. The predicted molar refractivity (Wildman–Crippen MR) is 116 cm³/mol. The summed E-state index contributed by atoms with van der Waals surface area (Å²) < 4.78 is 7.19. The van der Waals surface area contributed by atoms with Crippen molar-refractivity contribution in [2.45, 2.75) is 13.0 Å². The molecule has 4 rings (SSSR count). The Labute approximate surface area is 182 Å². The standard InChI is InChI=1S/C18H22ClN9O3/c19-13-8-15-23-12(9-26-3-5-31-6-4-26)10-27(15)18(24-13)22-2-1-11-7-14(20)25-17(21)16(11)28(29)30/h7-8,10H,1-6,9H2,(H,22,24)(H4,20,21,25). The number of nitrogens with zero attached hydrogens (tertiary/aromatic N) is 6. The normalized spacial score (nSPS) is 14.7. The molecule has 0 saturated carbocycles. The van der Waals surface area contributed by atoms with E-state index in [9.17, 15) is 10.1 Å². The van der Waals surface area contributed by atoms with E-state index >= 15 is 0 Å². The molecule has 0 atom stereocenters. The number of hydrogen-bond donors (Lipinski definition) is 3. The van der Waals surface area contributed by atoms with Gasteiger partial charge in [0.05, 0.1) is 23.8 Å². The topological polar surface area (TPSA) is 163 Å². The van der Waals surface area contributed by atoms with E-state index in [1.54, 1.807) is 6.07 Å². The zero-order valence-electron chi connectivity index (χ0n) is 16.6. The molecule has 1 saturated heterocycles. The van der Waals surface area contributed by atoms with Crippen LogP contribution in [0.2, 0.25) is 5.15 Å². The lowest BCUT2D eigenvalue weighted by atomic mass is 10.1. The third-order valence-corrected chi connectivity index (χ3v) is 5.13. The van der Waals surface area contributed by atoms with Crippen molar-refractivity contribution in [2.24, 2.45) is 0 Å². The van der Waals surface area contributed by atoms with E-state index in [0.717, 1.165) is 18.8 Å². The Bertz CT molecular complexity index is 1110. The molecule has 31 heavy (non-hydrogen) atoms. The van der Waals surface area contributed by atoms with Gasteiger partial charge in [0.2, 0.25) is 11.8 Å². The highest BCUT2D eigenvalue weighted by atomic mass is 35.5. The van der Waals surface area contributed by atoms with Crippen LogP contribution in [0.1, 0.15) is 11.3 Å². The Morgan fingerprint density at radius 2 is 2.00 bits per heavy atom. The van der Waals surface area contributed by atoms with Crippen molar-refractivity contribution in [3.05, 3.63) is 44.9 Å². The highest BCUT2D eigenvalue weighted by molar-refractivity contribution is 6.29. The van der Waals surface area contributed by atoms with E-state index in [2.05, 4.69) is 25.2 Å². The Kier molecular flexibility index (Phi) is 6.02. The molecule has 0 bridgehead atoms.